The molecule has 2 nitrogen and oxygen atoms in total. The minimum Gasteiger partial charge on any atom is -0.377 e. The Morgan fingerprint density at radius 3 is 2.38 bits per heavy atom. The fourth-order valence-electron chi connectivity index (χ4n) is 2.05. The smallest absolute Gasteiger partial charge is 0.0699 e. The summed E-state index contributed by atoms with van der Waals surface area (Å²) in [4.78, 5) is 2.55. The lowest BCUT2D eigenvalue weighted by Gasteiger charge is -2.40. The second kappa shape index (κ2) is 3.97. The van der Waals surface area contributed by atoms with Gasteiger partial charge in [-0.05, 0) is 41.0 Å². The van der Waals surface area contributed by atoms with E-state index in [0.717, 1.165) is 19.6 Å². The third kappa shape index (κ3) is 2.68. The van der Waals surface area contributed by atoms with Gasteiger partial charge in [-0.1, -0.05) is 0 Å². The van der Waals surface area contributed by atoms with E-state index in [1.165, 1.54) is 0 Å². The molecular weight excluding hydrogens is 162 g/mol. The number of hydrogen-bond donors (Lipinski definition) is 0. The highest BCUT2D eigenvalue weighted by molar-refractivity contribution is 4.85. The minimum absolute atomic E-state index is 0.265. The van der Waals surface area contributed by atoms with Crippen LogP contribution in [0.2, 0.25) is 0 Å². The summed E-state index contributed by atoms with van der Waals surface area (Å²) in [5, 5.41) is 0. The standard InChI is InChI=1S/C11H23NO/c1-9-10(2)13-8-6-7-12(9)11(3,4)5/h9-10H,6-8H2,1-5H3. The van der Waals surface area contributed by atoms with Crippen molar-refractivity contribution in [3.8, 4) is 0 Å². The van der Waals surface area contributed by atoms with Crippen molar-refractivity contribution in [2.24, 2.45) is 0 Å². The van der Waals surface area contributed by atoms with E-state index in [2.05, 4.69) is 39.5 Å². The third-order valence-electron chi connectivity index (χ3n) is 2.96. The molecule has 1 aliphatic rings. The number of rotatable bonds is 0. The van der Waals surface area contributed by atoms with Gasteiger partial charge in [-0.3, -0.25) is 4.90 Å². The highest BCUT2D eigenvalue weighted by Crippen LogP contribution is 2.22. The molecule has 1 rings (SSSR count). The van der Waals surface area contributed by atoms with Crippen LogP contribution in [0, 0.1) is 0 Å². The number of nitrogens with zero attached hydrogens (tertiary/aromatic N) is 1. The first-order chi connectivity index (χ1) is 5.93. The molecule has 0 bridgehead atoms. The Morgan fingerprint density at radius 1 is 1.23 bits per heavy atom. The summed E-state index contributed by atoms with van der Waals surface area (Å²) in [6.07, 6.45) is 1.52. The van der Waals surface area contributed by atoms with Crippen LogP contribution in [0.3, 0.4) is 0 Å². The molecule has 0 spiro atoms. The van der Waals surface area contributed by atoms with Crippen molar-refractivity contribution in [3.05, 3.63) is 0 Å². The van der Waals surface area contributed by atoms with E-state index in [9.17, 15) is 0 Å². The summed E-state index contributed by atoms with van der Waals surface area (Å²) < 4.78 is 5.70. The van der Waals surface area contributed by atoms with Crippen LogP contribution < -0.4 is 0 Å². The Morgan fingerprint density at radius 2 is 1.85 bits per heavy atom. The van der Waals surface area contributed by atoms with Gasteiger partial charge in [-0.2, -0.15) is 0 Å². The monoisotopic (exact) mass is 185 g/mol. The average Bonchev–Trinajstić information content (AvgIpc) is 2.14. The highest BCUT2D eigenvalue weighted by Gasteiger charge is 2.31. The van der Waals surface area contributed by atoms with Gasteiger partial charge in [0, 0.05) is 24.7 Å². The maximum absolute atomic E-state index is 5.70. The summed E-state index contributed by atoms with van der Waals surface area (Å²) in [7, 11) is 0. The van der Waals surface area contributed by atoms with E-state index in [0.29, 0.717) is 12.1 Å². The molecule has 0 amide bonds. The van der Waals surface area contributed by atoms with Crippen LogP contribution in [0.5, 0.6) is 0 Å². The molecule has 0 aromatic carbocycles. The predicted octanol–water partition coefficient (Wildman–Crippen LogP) is 2.28. The molecule has 78 valence electrons. The van der Waals surface area contributed by atoms with Crippen molar-refractivity contribution >= 4 is 0 Å². The molecule has 0 aromatic heterocycles. The van der Waals surface area contributed by atoms with Crippen molar-refractivity contribution in [1.29, 1.82) is 0 Å². The zero-order valence-electron chi connectivity index (χ0n) is 9.63. The molecule has 2 atom stereocenters. The summed E-state index contributed by atoms with van der Waals surface area (Å²) in [5.74, 6) is 0. The van der Waals surface area contributed by atoms with Crippen LogP contribution >= 0.6 is 0 Å². The minimum atomic E-state index is 0.265. The van der Waals surface area contributed by atoms with Crippen LogP contribution in [-0.4, -0.2) is 35.7 Å². The summed E-state index contributed by atoms with van der Waals surface area (Å²) >= 11 is 0. The number of ether oxygens (including phenoxy) is 1. The Balaban J connectivity index is 2.70. The lowest BCUT2D eigenvalue weighted by molar-refractivity contribution is 0.00759. The second-order valence-electron chi connectivity index (χ2n) is 5.03. The van der Waals surface area contributed by atoms with Gasteiger partial charge in [-0.15, -0.1) is 0 Å². The van der Waals surface area contributed by atoms with Crippen LogP contribution in [0.25, 0.3) is 0 Å². The molecule has 0 saturated carbocycles. The summed E-state index contributed by atoms with van der Waals surface area (Å²) in [5.41, 5.74) is 0.265. The Labute approximate surface area is 82.3 Å². The zero-order chi connectivity index (χ0) is 10.1. The molecule has 2 unspecified atom stereocenters. The first-order valence-corrected chi connectivity index (χ1v) is 5.31. The maximum Gasteiger partial charge on any atom is 0.0699 e. The Hall–Kier alpha value is -0.0800. The zero-order valence-corrected chi connectivity index (χ0v) is 9.63. The Bertz CT molecular complexity index is 162. The second-order valence-corrected chi connectivity index (χ2v) is 5.03. The van der Waals surface area contributed by atoms with Crippen molar-refractivity contribution < 1.29 is 4.74 Å². The molecule has 0 radical (unpaired) electrons. The van der Waals surface area contributed by atoms with E-state index in [-0.39, 0.29) is 5.54 Å². The molecule has 1 fully saturated rings. The van der Waals surface area contributed by atoms with Crippen LogP contribution in [0.15, 0.2) is 0 Å². The van der Waals surface area contributed by atoms with Gasteiger partial charge >= 0.3 is 0 Å². The van der Waals surface area contributed by atoms with Crippen molar-refractivity contribution in [2.75, 3.05) is 13.2 Å². The molecule has 1 saturated heterocycles. The van der Waals surface area contributed by atoms with Crippen molar-refractivity contribution in [3.63, 3.8) is 0 Å². The molecule has 1 aliphatic heterocycles. The lowest BCUT2D eigenvalue weighted by atomic mass is 10.0. The summed E-state index contributed by atoms with van der Waals surface area (Å²) in [6, 6.07) is 0.530. The first-order valence-electron chi connectivity index (χ1n) is 5.31. The average molecular weight is 185 g/mol. The SMILES string of the molecule is CC1OCCCN(C(C)(C)C)C1C. The van der Waals surface area contributed by atoms with Gasteiger partial charge in [0.25, 0.3) is 0 Å². The largest absolute Gasteiger partial charge is 0.377 e. The fraction of sp³-hybridized carbons (Fsp3) is 1.00. The molecule has 0 aliphatic carbocycles. The molecular formula is C11H23NO. The van der Waals surface area contributed by atoms with Gasteiger partial charge in [-0.25, -0.2) is 0 Å². The van der Waals surface area contributed by atoms with Crippen molar-refractivity contribution in [1.82, 2.24) is 4.90 Å². The molecule has 2 heteroatoms. The van der Waals surface area contributed by atoms with Gasteiger partial charge in [0.2, 0.25) is 0 Å². The molecule has 1 heterocycles. The number of hydrogen-bond acceptors (Lipinski definition) is 2. The lowest BCUT2D eigenvalue weighted by Crippen LogP contribution is -2.50. The van der Waals surface area contributed by atoms with E-state index in [1.54, 1.807) is 0 Å². The van der Waals surface area contributed by atoms with Crippen LogP contribution in [0.1, 0.15) is 41.0 Å². The van der Waals surface area contributed by atoms with Gasteiger partial charge in [0.1, 0.15) is 0 Å². The van der Waals surface area contributed by atoms with Gasteiger partial charge in [0.15, 0.2) is 0 Å². The van der Waals surface area contributed by atoms with Gasteiger partial charge in [0.05, 0.1) is 6.10 Å². The Kier molecular flexibility index (Phi) is 3.36. The van der Waals surface area contributed by atoms with Gasteiger partial charge < -0.3 is 4.74 Å². The molecule has 13 heavy (non-hydrogen) atoms. The van der Waals surface area contributed by atoms with E-state index < -0.39 is 0 Å². The van der Waals surface area contributed by atoms with E-state index in [4.69, 9.17) is 4.74 Å². The maximum atomic E-state index is 5.70. The van der Waals surface area contributed by atoms with E-state index in [1.807, 2.05) is 0 Å². The normalized spacial score (nSPS) is 33.0. The first kappa shape index (κ1) is 11.0. The molecule has 0 aromatic rings. The quantitative estimate of drug-likeness (QED) is 0.574. The van der Waals surface area contributed by atoms with Crippen LogP contribution in [0.4, 0.5) is 0 Å². The topological polar surface area (TPSA) is 12.5 Å². The summed E-state index contributed by atoms with van der Waals surface area (Å²) in [6.45, 7) is 13.4. The van der Waals surface area contributed by atoms with E-state index >= 15 is 0 Å². The van der Waals surface area contributed by atoms with Crippen LogP contribution in [-0.2, 0) is 4.74 Å². The fourth-order valence-corrected chi connectivity index (χ4v) is 2.05. The third-order valence-corrected chi connectivity index (χ3v) is 2.96. The van der Waals surface area contributed by atoms with Crippen molar-refractivity contribution in [2.45, 2.75) is 58.7 Å². The molecule has 0 N–H and O–H groups in total. The highest BCUT2D eigenvalue weighted by atomic mass is 16.5. The predicted molar refractivity (Wildman–Crippen MR) is 56.0 cm³/mol.